The number of halogens is 1. The maximum Gasteiger partial charge on any atom is 1.00 e. The molecular formula is C26H32ClN4NaO5S. The smallest absolute Gasteiger partial charge is 1.00 e. The van der Waals surface area contributed by atoms with Crippen molar-refractivity contribution in [3.63, 3.8) is 0 Å². The summed E-state index contributed by atoms with van der Waals surface area (Å²) in [5, 5.41) is 14.2. The Kier molecular flexibility index (Phi) is 16.3. The van der Waals surface area contributed by atoms with E-state index in [-0.39, 0.29) is 54.2 Å². The van der Waals surface area contributed by atoms with Gasteiger partial charge in [0.1, 0.15) is 11.5 Å². The van der Waals surface area contributed by atoms with Crippen molar-refractivity contribution in [2.45, 2.75) is 27.7 Å². The number of thiocarbonyl (C=S) groups is 1. The molecule has 2 aromatic carbocycles. The van der Waals surface area contributed by atoms with Crippen molar-refractivity contribution < 1.29 is 54.7 Å². The Balaban J connectivity index is 0.000000752. The molecule has 0 aliphatic heterocycles. The summed E-state index contributed by atoms with van der Waals surface area (Å²) < 4.78 is 20.8. The van der Waals surface area contributed by atoms with Crippen molar-refractivity contribution in [1.82, 2.24) is 10.2 Å². The summed E-state index contributed by atoms with van der Waals surface area (Å²) in [4.78, 5) is 11.4. The van der Waals surface area contributed by atoms with Crippen LogP contribution in [0.25, 0.3) is 0 Å². The van der Waals surface area contributed by atoms with Gasteiger partial charge in [-0.1, -0.05) is 11.6 Å². The van der Waals surface area contributed by atoms with E-state index in [0.29, 0.717) is 24.9 Å². The number of carbonyl (C=O) groups excluding carboxylic acids is 1. The Bertz CT molecular complexity index is 1090. The van der Waals surface area contributed by atoms with E-state index in [0.717, 1.165) is 22.9 Å². The largest absolute Gasteiger partial charge is 1.00 e. The molecule has 0 atom stereocenters. The first kappa shape index (κ1) is 33.4. The zero-order valence-corrected chi connectivity index (χ0v) is 25.8. The number of benzene rings is 2. The molecule has 0 unspecified atom stereocenters. The van der Waals surface area contributed by atoms with Crippen LogP contribution in [-0.2, 0) is 4.74 Å². The maximum atomic E-state index is 11.4. The molecule has 0 amide bonds. The van der Waals surface area contributed by atoms with E-state index < -0.39 is 5.97 Å². The zero-order valence-electron chi connectivity index (χ0n) is 23.2. The average molecular weight is 571 g/mol. The monoisotopic (exact) mass is 570 g/mol. The first-order chi connectivity index (χ1) is 17.9. The van der Waals surface area contributed by atoms with Crippen LogP contribution in [0.5, 0.6) is 17.2 Å². The number of anilines is 2. The van der Waals surface area contributed by atoms with E-state index in [2.05, 4.69) is 20.8 Å². The summed E-state index contributed by atoms with van der Waals surface area (Å²) in [6, 6.07) is 16.8. The van der Waals surface area contributed by atoms with Gasteiger partial charge < -0.3 is 31.0 Å². The summed E-state index contributed by atoms with van der Waals surface area (Å²) in [7, 11) is 0. The van der Waals surface area contributed by atoms with Crippen molar-refractivity contribution in [2.75, 3.05) is 37.1 Å². The zero-order chi connectivity index (χ0) is 27.0. The number of hydrogen-bond donors (Lipinski definition) is 2. The van der Waals surface area contributed by atoms with Crippen LogP contribution >= 0.6 is 23.8 Å². The third-order valence-electron chi connectivity index (χ3n) is 4.34. The van der Waals surface area contributed by atoms with Gasteiger partial charge in [-0.25, -0.2) is 4.79 Å². The van der Waals surface area contributed by atoms with Crippen LogP contribution in [0.15, 0.2) is 54.6 Å². The second-order valence-corrected chi connectivity index (χ2v) is 7.82. The fourth-order valence-electron chi connectivity index (χ4n) is 2.85. The van der Waals surface area contributed by atoms with E-state index in [1.54, 1.807) is 13.8 Å². The molecule has 1 heterocycles. The summed E-state index contributed by atoms with van der Waals surface area (Å²) in [6.07, 6.45) is 0. The van der Waals surface area contributed by atoms with Gasteiger partial charge in [-0.15, -0.1) is 10.2 Å². The van der Waals surface area contributed by atoms with E-state index in [1.165, 1.54) is 6.07 Å². The Hall–Kier alpha value is -2.63. The van der Waals surface area contributed by atoms with Gasteiger partial charge in [0.05, 0.1) is 26.4 Å². The molecule has 3 aromatic rings. The minimum Gasteiger partial charge on any atom is -1.00 e. The predicted octanol–water partition coefficient (Wildman–Crippen LogP) is 3.11. The summed E-state index contributed by atoms with van der Waals surface area (Å²) in [5.41, 5.74) is 1.86. The molecule has 200 valence electrons. The van der Waals surface area contributed by atoms with E-state index >= 15 is 0 Å². The van der Waals surface area contributed by atoms with Crippen LogP contribution in [-0.4, -0.2) is 47.7 Å². The standard InChI is InChI=1S/C17H20N2O2S.C9H11ClN2O3.Na.H/c1-3-20-15-9-5-13(6-10-15)18-17(22)19-14-7-11-16(12-8-14)21-4-2;1-3-14-6-5-7(10)11-12-8(6)9(13)15-4-2;;/h5-12H,3-4H2,1-2H3,(H2,18,19,22);5H,3-4H2,1-2H3;;/q;;+1;-1. The molecule has 0 fully saturated rings. The molecule has 38 heavy (non-hydrogen) atoms. The molecule has 0 radical (unpaired) electrons. The normalized spacial score (nSPS) is 9.61. The summed E-state index contributed by atoms with van der Waals surface area (Å²) >= 11 is 10.9. The van der Waals surface area contributed by atoms with Gasteiger partial charge in [0.25, 0.3) is 0 Å². The molecule has 0 bridgehead atoms. The number of hydrogen-bond acceptors (Lipinski definition) is 8. The second kappa shape index (κ2) is 18.6. The van der Waals surface area contributed by atoms with Gasteiger partial charge >= 0.3 is 35.5 Å². The molecule has 12 heteroatoms. The van der Waals surface area contributed by atoms with E-state index in [4.69, 9.17) is 42.8 Å². The number of carbonyl (C=O) groups is 1. The molecule has 2 N–H and O–H groups in total. The second-order valence-electron chi connectivity index (χ2n) is 7.03. The minimum atomic E-state index is -0.565. The van der Waals surface area contributed by atoms with Gasteiger partial charge in [-0.05, 0) is 88.4 Å². The van der Waals surface area contributed by atoms with Crippen molar-refractivity contribution >= 4 is 46.3 Å². The molecule has 1 aromatic heterocycles. The van der Waals surface area contributed by atoms with Gasteiger partial charge in [-0.3, -0.25) is 0 Å². The van der Waals surface area contributed by atoms with Crippen LogP contribution in [0, 0.1) is 0 Å². The van der Waals surface area contributed by atoms with Crippen molar-refractivity contribution in [1.29, 1.82) is 0 Å². The molecule has 0 aliphatic carbocycles. The number of esters is 1. The quantitative estimate of drug-likeness (QED) is 0.215. The molecule has 0 saturated carbocycles. The van der Waals surface area contributed by atoms with Crippen LogP contribution in [0.2, 0.25) is 5.15 Å². The van der Waals surface area contributed by atoms with Gasteiger partial charge in [-0.2, -0.15) is 0 Å². The van der Waals surface area contributed by atoms with Crippen LogP contribution in [0.4, 0.5) is 11.4 Å². The first-order valence-corrected chi connectivity index (χ1v) is 12.6. The molecule has 0 aliphatic rings. The molecule has 3 rings (SSSR count). The Morgan fingerprint density at radius 1 is 0.816 bits per heavy atom. The fraction of sp³-hybridized carbons (Fsp3) is 0.308. The number of nitrogens with zero attached hydrogens (tertiary/aromatic N) is 2. The SMILES string of the molecule is CCOC(=O)c1nnc(Cl)cc1OCC.CCOc1ccc(NC(=S)Nc2ccc(OCC)cc2)cc1.[H-].[Na+]. The summed E-state index contributed by atoms with van der Waals surface area (Å²) in [5.74, 6) is 1.41. The minimum absolute atomic E-state index is 0. The Morgan fingerprint density at radius 2 is 1.29 bits per heavy atom. The van der Waals surface area contributed by atoms with E-state index in [9.17, 15) is 4.79 Å². The topological polar surface area (TPSA) is 104 Å². The molecule has 9 nitrogen and oxygen atoms in total. The summed E-state index contributed by atoms with van der Waals surface area (Å²) in [6.45, 7) is 9.42. The molecular weight excluding hydrogens is 539 g/mol. The number of aromatic nitrogens is 2. The van der Waals surface area contributed by atoms with Gasteiger partial charge in [0, 0.05) is 17.4 Å². The van der Waals surface area contributed by atoms with Crippen molar-refractivity contribution in [3.05, 3.63) is 65.4 Å². The van der Waals surface area contributed by atoms with Gasteiger partial charge in [0.15, 0.2) is 16.0 Å². The Labute approximate surface area is 257 Å². The number of nitrogens with one attached hydrogen (secondary N) is 2. The predicted molar refractivity (Wildman–Crippen MR) is 150 cm³/mol. The van der Waals surface area contributed by atoms with Crippen LogP contribution < -0.4 is 54.4 Å². The van der Waals surface area contributed by atoms with Gasteiger partial charge in [0.2, 0.25) is 5.69 Å². The number of rotatable bonds is 10. The van der Waals surface area contributed by atoms with Crippen molar-refractivity contribution in [3.8, 4) is 17.2 Å². The third kappa shape index (κ3) is 11.8. The Morgan fingerprint density at radius 3 is 1.71 bits per heavy atom. The van der Waals surface area contributed by atoms with Crippen LogP contribution in [0.1, 0.15) is 39.6 Å². The molecule has 0 saturated heterocycles. The third-order valence-corrected chi connectivity index (χ3v) is 4.73. The maximum absolute atomic E-state index is 11.4. The van der Waals surface area contributed by atoms with Crippen molar-refractivity contribution in [2.24, 2.45) is 0 Å². The fourth-order valence-corrected chi connectivity index (χ4v) is 3.23. The van der Waals surface area contributed by atoms with Crippen LogP contribution in [0.3, 0.4) is 0 Å². The molecule has 0 spiro atoms. The first-order valence-electron chi connectivity index (χ1n) is 11.8. The average Bonchev–Trinajstić information content (AvgIpc) is 2.87. The van der Waals surface area contributed by atoms with E-state index in [1.807, 2.05) is 62.4 Å². The number of ether oxygens (including phenoxy) is 4.